The fraction of sp³-hybridized carbons (Fsp3) is 0.571. The molecule has 0 aromatic rings. The van der Waals surface area contributed by atoms with Gasteiger partial charge in [0.05, 0.1) is 6.61 Å². The van der Waals surface area contributed by atoms with Crippen molar-refractivity contribution in [3.05, 3.63) is 12.7 Å². The van der Waals surface area contributed by atoms with Crippen molar-refractivity contribution in [3.8, 4) is 0 Å². The predicted molar refractivity (Wildman–Crippen MR) is 41.0 cm³/mol. The first kappa shape index (κ1) is 10.1. The number of hydrogen-bond donors (Lipinski definition) is 1. The average Bonchev–Trinajstić information content (AvgIpc) is 2.04. The number of methoxy groups -OCH3 is 1. The maximum Gasteiger partial charge on any atom is 0.243 e. The quantitative estimate of drug-likeness (QED) is 0.335. The van der Waals surface area contributed by atoms with E-state index in [9.17, 15) is 4.79 Å². The Morgan fingerprint density at radius 2 is 2.45 bits per heavy atom. The van der Waals surface area contributed by atoms with Crippen molar-refractivity contribution in [2.24, 2.45) is 0 Å². The van der Waals surface area contributed by atoms with Gasteiger partial charge in [0.2, 0.25) is 5.91 Å². The average molecular weight is 159 g/mol. The molecule has 0 spiro atoms. The van der Waals surface area contributed by atoms with Gasteiger partial charge in [-0.25, -0.2) is 0 Å². The summed E-state index contributed by atoms with van der Waals surface area (Å²) in [6.07, 6.45) is 1.22. The van der Waals surface area contributed by atoms with E-state index in [1.54, 1.807) is 7.11 Å². The first-order valence-electron chi connectivity index (χ1n) is 3.28. The van der Waals surface area contributed by atoms with Crippen molar-refractivity contribution in [3.63, 3.8) is 0 Å². The molecule has 0 aliphatic heterocycles. The van der Waals surface area contributed by atoms with Crippen LogP contribution in [0.5, 0.6) is 0 Å². The zero-order chi connectivity index (χ0) is 8.53. The first-order chi connectivity index (χ1) is 5.31. The van der Waals surface area contributed by atoms with E-state index < -0.39 is 0 Å². The zero-order valence-corrected chi connectivity index (χ0v) is 6.63. The molecule has 0 radical (unpaired) electrons. The van der Waals surface area contributed by atoms with Crippen molar-refractivity contribution in [1.82, 2.24) is 5.32 Å². The lowest BCUT2D eigenvalue weighted by molar-refractivity contribution is -0.117. The number of carbonyl (C=O) groups excluding carboxylic acids is 1. The van der Waals surface area contributed by atoms with Gasteiger partial charge in [0.15, 0.2) is 0 Å². The van der Waals surface area contributed by atoms with Gasteiger partial charge in [0, 0.05) is 13.7 Å². The second-order valence-electron chi connectivity index (χ2n) is 1.81. The van der Waals surface area contributed by atoms with E-state index in [2.05, 4.69) is 16.6 Å². The zero-order valence-electron chi connectivity index (χ0n) is 6.63. The lowest BCUT2D eigenvalue weighted by Gasteiger charge is -2.02. The van der Waals surface area contributed by atoms with Crippen LogP contribution in [-0.2, 0) is 14.3 Å². The third-order valence-electron chi connectivity index (χ3n) is 0.932. The second kappa shape index (κ2) is 7.24. The molecule has 64 valence electrons. The number of nitrogens with one attached hydrogen (secondary N) is 1. The predicted octanol–water partition coefficient (Wildman–Crippen LogP) is -0.0909. The van der Waals surface area contributed by atoms with Gasteiger partial charge in [-0.15, -0.1) is 0 Å². The van der Waals surface area contributed by atoms with Gasteiger partial charge in [0.1, 0.15) is 6.79 Å². The fourth-order valence-corrected chi connectivity index (χ4v) is 0.461. The molecule has 1 N–H and O–H groups in total. The monoisotopic (exact) mass is 159 g/mol. The standard InChI is InChI=1S/C7H13NO3/c1-3-7(9)8-4-5-11-6-10-2/h3H,1,4-6H2,2H3,(H,8,9). The molecule has 0 aromatic heterocycles. The Hall–Kier alpha value is -0.870. The largest absolute Gasteiger partial charge is 0.359 e. The third kappa shape index (κ3) is 7.02. The minimum atomic E-state index is -0.189. The Morgan fingerprint density at radius 1 is 1.73 bits per heavy atom. The molecule has 4 nitrogen and oxygen atoms in total. The second-order valence-corrected chi connectivity index (χ2v) is 1.81. The summed E-state index contributed by atoms with van der Waals surface area (Å²) in [5.41, 5.74) is 0. The number of amides is 1. The van der Waals surface area contributed by atoms with Crippen molar-refractivity contribution in [2.45, 2.75) is 0 Å². The summed E-state index contributed by atoms with van der Waals surface area (Å²) in [5, 5.41) is 2.55. The number of hydrogen-bond acceptors (Lipinski definition) is 3. The minimum Gasteiger partial charge on any atom is -0.359 e. The third-order valence-corrected chi connectivity index (χ3v) is 0.932. The molecule has 1 amide bonds. The van der Waals surface area contributed by atoms with Gasteiger partial charge in [-0.3, -0.25) is 4.79 Å². The number of ether oxygens (including phenoxy) is 2. The van der Waals surface area contributed by atoms with Crippen LogP contribution in [0.2, 0.25) is 0 Å². The van der Waals surface area contributed by atoms with Crippen LogP contribution in [0, 0.1) is 0 Å². The van der Waals surface area contributed by atoms with Crippen LogP contribution in [0.4, 0.5) is 0 Å². The van der Waals surface area contributed by atoms with E-state index >= 15 is 0 Å². The van der Waals surface area contributed by atoms with E-state index in [1.807, 2.05) is 0 Å². The highest BCUT2D eigenvalue weighted by atomic mass is 16.7. The topological polar surface area (TPSA) is 47.6 Å². The van der Waals surface area contributed by atoms with Crippen molar-refractivity contribution in [2.75, 3.05) is 27.1 Å². The fourth-order valence-electron chi connectivity index (χ4n) is 0.461. The summed E-state index contributed by atoms with van der Waals surface area (Å²) in [7, 11) is 1.54. The van der Waals surface area contributed by atoms with Gasteiger partial charge < -0.3 is 14.8 Å². The molecule has 4 heteroatoms. The van der Waals surface area contributed by atoms with Crippen LogP contribution >= 0.6 is 0 Å². The van der Waals surface area contributed by atoms with Crippen LogP contribution in [-0.4, -0.2) is 33.0 Å². The molecule has 0 aliphatic rings. The molecule has 0 bridgehead atoms. The van der Waals surface area contributed by atoms with Gasteiger partial charge in [-0.1, -0.05) is 6.58 Å². The molecule has 0 saturated heterocycles. The molecule has 0 aliphatic carbocycles. The van der Waals surface area contributed by atoms with Crippen LogP contribution in [0.15, 0.2) is 12.7 Å². The maximum atomic E-state index is 10.5. The maximum absolute atomic E-state index is 10.5. The van der Waals surface area contributed by atoms with Gasteiger partial charge in [0.25, 0.3) is 0 Å². The molecule has 0 aromatic carbocycles. The van der Waals surface area contributed by atoms with E-state index in [0.717, 1.165) is 0 Å². The van der Waals surface area contributed by atoms with Crippen LogP contribution in [0.1, 0.15) is 0 Å². The Balaban J connectivity index is 3.01. The molecule has 0 atom stereocenters. The van der Waals surface area contributed by atoms with Gasteiger partial charge >= 0.3 is 0 Å². The summed E-state index contributed by atoms with van der Waals surface area (Å²) in [6, 6.07) is 0. The highest BCUT2D eigenvalue weighted by molar-refractivity contribution is 5.86. The Bertz CT molecular complexity index is 125. The number of carbonyl (C=O) groups is 1. The molecule has 0 saturated carbocycles. The lowest BCUT2D eigenvalue weighted by Crippen LogP contribution is -2.25. The summed E-state index contributed by atoms with van der Waals surface area (Å²) >= 11 is 0. The van der Waals surface area contributed by atoms with E-state index in [0.29, 0.717) is 13.2 Å². The Morgan fingerprint density at radius 3 is 3.00 bits per heavy atom. The molecule has 0 fully saturated rings. The minimum absolute atomic E-state index is 0.189. The van der Waals surface area contributed by atoms with E-state index in [-0.39, 0.29) is 12.7 Å². The van der Waals surface area contributed by atoms with Gasteiger partial charge in [-0.2, -0.15) is 0 Å². The molecular formula is C7H13NO3. The van der Waals surface area contributed by atoms with Crippen molar-refractivity contribution >= 4 is 5.91 Å². The lowest BCUT2D eigenvalue weighted by atomic mass is 10.5. The van der Waals surface area contributed by atoms with Crippen molar-refractivity contribution in [1.29, 1.82) is 0 Å². The SMILES string of the molecule is C=CC(=O)NCCOCOC. The highest BCUT2D eigenvalue weighted by Gasteiger charge is 1.91. The molecule has 11 heavy (non-hydrogen) atoms. The number of rotatable bonds is 6. The van der Waals surface area contributed by atoms with Crippen LogP contribution in [0.3, 0.4) is 0 Å². The summed E-state index contributed by atoms with van der Waals surface area (Å²) in [4.78, 5) is 10.5. The van der Waals surface area contributed by atoms with E-state index in [1.165, 1.54) is 6.08 Å². The highest BCUT2D eigenvalue weighted by Crippen LogP contribution is 1.73. The van der Waals surface area contributed by atoms with Gasteiger partial charge in [-0.05, 0) is 6.08 Å². The van der Waals surface area contributed by atoms with Crippen LogP contribution < -0.4 is 5.32 Å². The summed E-state index contributed by atoms with van der Waals surface area (Å²) in [6.45, 7) is 4.48. The molecule has 0 unspecified atom stereocenters. The van der Waals surface area contributed by atoms with E-state index in [4.69, 9.17) is 4.74 Å². The first-order valence-corrected chi connectivity index (χ1v) is 3.28. The summed E-state index contributed by atoms with van der Waals surface area (Å²) in [5.74, 6) is -0.189. The molecule has 0 heterocycles. The molecule has 0 rings (SSSR count). The molecular weight excluding hydrogens is 146 g/mol. The van der Waals surface area contributed by atoms with Crippen LogP contribution in [0.25, 0.3) is 0 Å². The smallest absolute Gasteiger partial charge is 0.243 e. The summed E-state index contributed by atoms with van der Waals surface area (Å²) < 4.78 is 9.53. The van der Waals surface area contributed by atoms with Crippen molar-refractivity contribution < 1.29 is 14.3 Å². The Labute approximate surface area is 66.2 Å². The Kier molecular flexibility index (Phi) is 6.67. The normalized spacial score (nSPS) is 9.18.